The highest BCUT2D eigenvalue weighted by Gasteiger charge is 2.10. The molecule has 0 aliphatic heterocycles. The van der Waals surface area contributed by atoms with Crippen LogP contribution in [0.2, 0.25) is 0 Å². The normalized spacial score (nSPS) is 10.4. The van der Waals surface area contributed by atoms with Gasteiger partial charge in [-0.3, -0.25) is 4.79 Å². The number of hydrogen-bond donors (Lipinski definition) is 2. The van der Waals surface area contributed by atoms with Gasteiger partial charge < -0.3 is 15.8 Å². The molecule has 100 valence electrons. The van der Waals surface area contributed by atoms with Crippen LogP contribution in [0.3, 0.4) is 0 Å². The van der Waals surface area contributed by atoms with Crippen LogP contribution in [0.25, 0.3) is 10.8 Å². The van der Waals surface area contributed by atoms with Crippen molar-refractivity contribution in [3.8, 4) is 0 Å². The monoisotopic (exact) mass is 263 g/mol. The van der Waals surface area contributed by atoms with Gasteiger partial charge in [0.2, 0.25) is 0 Å². The molecule has 3 N–H and O–H groups in total. The number of anilines is 2. The first-order chi connectivity index (χ1) is 9.13. The molecule has 0 atom stereocenters. The first kappa shape index (κ1) is 13.1. The second-order valence-corrected chi connectivity index (χ2v) is 3.97. The minimum atomic E-state index is -0.359. The van der Waals surface area contributed by atoms with E-state index in [9.17, 15) is 9.18 Å². The molecule has 19 heavy (non-hydrogen) atoms. The summed E-state index contributed by atoms with van der Waals surface area (Å²) < 4.78 is 18.2. The number of pyridine rings is 1. The van der Waals surface area contributed by atoms with Gasteiger partial charge in [-0.25, -0.2) is 9.37 Å². The molecule has 0 fully saturated rings. The van der Waals surface area contributed by atoms with Crippen LogP contribution in [0.4, 0.5) is 15.9 Å². The molecule has 2 aromatic rings. The summed E-state index contributed by atoms with van der Waals surface area (Å²) in [4.78, 5) is 15.1. The topological polar surface area (TPSA) is 77.2 Å². The van der Waals surface area contributed by atoms with Crippen molar-refractivity contribution in [3.05, 3.63) is 30.2 Å². The maximum atomic E-state index is 13.7. The Hall–Kier alpha value is -2.37. The van der Waals surface area contributed by atoms with E-state index in [1.165, 1.54) is 25.4 Å². The molecule has 0 spiro atoms. The summed E-state index contributed by atoms with van der Waals surface area (Å²) in [7, 11) is 1.33. The molecule has 1 aromatic heterocycles. The molecule has 0 amide bonds. The zero-order chi connectivity index (χ0) is 13.8. The average molecular weight is 263 g/mol. The number of esters is 1. The van der Waals surface area contributed by atoms with Gasteiger partial charge in [0.15, 0.2) is 0 Å². The predicted molar refractivity (Wildman–Crippen MR) is 71.2 cm³/mol. The number of fused-ring (bicyclic) bond motifs is 1. The van der Waals surface area contributed by atoms with E-state index in [1.54, 1.807) is 6.07 Å². The maximum absolute atomic E-state index is 13.7. The van der Waals surface area contributed by atoms with E-state index in [0.29, 0.717) is 28.8 Å². The highest BCUT2D eigenvalue weighted by molar-refractivity contribution is 6.01. The Labute approximate surface area is 109 Å². The van der Waals surface area contributed by atoms with Gasteiger partial charge >= 0.3 is 5.97 Å². The van der Waals surface area contributed by atoms with Gasteiger partial charge in [0.05, 0.1) is 18.9 Å². The van der Waals surface area contributed by atoms with Gasteiger partial charge in [-0.1, -0.05) is 0 Å². The van der Waals surface area contributed by atoms with Crippen LogP contribution in [-0.4, -0.2) is 24.6 Å². The van der Waals surface area contributed by atoms with Crippen molar-refractivity contribution in [2.75, 3.05) is 24.7 Å². The van der Waals surface area contributed by atoms with Crippen LogP contribution in [-0.2, 0) is 9.53 Å². The molecule has 0 bridgehead atoms. The fourth-order valence-corrected chi connectivity index (χ4v) is 1.81. The van der Waals surface area contributed by atoms with Gasteiger partial charge in [0, 0.05) is 23.8 Å². The van der Waals surface area contributed by atoms with E-state index < -0.39 is 0 Å². The largest absolute Gasteiger partial charge is 0.469 e. The molecule has 1 aromatic carbocycles. The van der Waals surface area contributed by atoms with Crippen molar-refractivity contribution in [3.63, 3.8) is 0 Å². The highest BCUT2D eigenvalue weighted by atomic mass is 19.1. The predicted octanol–water partition coefficient (Wildman–Crippen LogP) is 1.93. The molecule has 0 unspecified atom stereocenters. The van der Waals surface area contributed by atoms with Gasteiger partial charge in [-0.15, -0.1) is 0 Å². The van der Waals surface area contributed by atoms with Gasteiger partial charge in [-0.2, -0.15) is 0 Å². The van der Waals surface area contributed by atoms with Crippen molar-refractivity contribution >= 4 is 28.2 Å². The molecule has 6 heteroatoms. The lowest BCUT2D eigenvalue weighted by Gasteiger charge is -2.10. The fourth-order valence-electron chi connectivity index (χ4n) is 1.81. The van der Waals surface area contributed by atoms with Crippen molar-refractivity contribution in [1.29, 1.82) is 0 Å². The molecular weight excluding hydrogens is 249 g/mol. The highest BCUT2D eigenvalue weighted by Crippen LogP contribution is 2.28. The molecule has 0 saturated heterocycles. The molecule has 1 heterocycles. The zero-order valence-electron chi connectivity index (χ0n) is 10.4. The summed E-state index contributed by atoms with van der Waals surface area (Å²) in [5.41, 5.74) is 6.28. The number of benzene rings is 1. The van der Waals surface area contributed by atoms with Crippen LogP contribution in [0.5, 0.6) is 0 Å². The third kappa shape index (κ3) is 2.73. The lowest BCUT2D eigenvalue weighted by Crippen LogP contribution is -2.11. The molecular formula is C13H14FN3O2. The van der Waals surface area contributed by atoms with Crippen LogP contribution in [0, 0.1) is 5.82 Å². The Balaban J connectivity index is 2.28. The number of nitrogens with zero attached hydrogens (tertiary/aromatic N) is 1. The minimum Gasteiger partial charge on any atom is -0.469 e. The molecule has 0 radical (unpaired) electrons. The summed E-state index contributed by atoms with van der Waals surface area (Å²) in [5, 5.41) is 3.88. The summed E-state index contributed by atoms with van der Waals surface area (Å²) in [6, 6.07) is 4.37. The van der Waals surface area contributed by atoms with E-state index >= 15 is 0 Å². The first-order valence-corrected chi connectivity index (χ1v) is 5.77. The Morgan fingerprint density at radius 2 is 2.26 bits per heavy atom. The van der Waals surface area contributed by atoms with Crippen molar-refractivity contribution in [1.82, 2.24) is 4.98 Å². The first-order valence-electron chi connectivity index (χ1n) is 5.77. The molecule has 5 nitrogen and oxygen atoms in total. The van der Waals surface area contributed by atoms with Crippen molar-refractivity contribution in [2.24, 2.45) is 0 Å². The number of nitrogens with one attached hydrogen (secondary N) is 1. The number of rotatable bonds is 4. The average Bonchev–Trinajstić information content (AvgIpc) is 2.43. The van der Waals surface area contributed by atoms with Gasteiger partial charge in [-0.05, 0) is 18.2 Å². The van der Waals surface area contributed by atoms with Crippen molar-refractivity contribution in [2.45, 2.75) is 6.42 Å². The number of halogens is 1. The van der Waals surface area contributed by atoms with Crippen LogP contribution in [0.15, 0.2) is 24.4 Å². The van der Waals surface area contributed by atoms with E-state index in [4.69, 9.17) is 5.73 Å². The molecule has 2 rings (SSSR count). The van der Waals surface area contributed by atoms with E-state index in [1.807, 2.05) is 0 Å². The minimum absolute atomic E-state index is 0.198. The number of ether oxygens (including phenoxy) is 1. The fraction of sp³-hybridized carbons (Fsp3) is 0.231. The third-order valence-corrected chi connectivity index (χ3v) is 2.76. The summed E-state index contributed by atoms with van der Waals surface area (Å²) in [6.45, 7) is 0.342. The van der Waals surface area contributed by atoms with E-state index in [-0.39, 0.29) is 18.2 Å². The molecule has 0 aliphatic rings. The van der Waals surface area contributed by atoms with Crippen LogP contribution >= 0.6 is 0 Å². The lowest BCUT2D eigenvalue weighted by atomic mass is 10.1. The number of methoxy groups -OCH3 is 1. The summed E-state index contributed by atoms with van der Waals surface area (Å²) >= 11 is 0. The Bertz CT molecular complexity index is 616. The zero-order valence-corrected chi connectivity index (χ0v) is 10.4. The second-order valence-electron chi connectivity index (χ2n) is 3.97. The van der Waals surface area contributed by atoms with E-state index in [0.717, 1.165) is 0 Å². The number of nitrogen functional groups attached to an aromatic ring is 1. The molecule has 0 saturated carbocycles. The van der Waals surface area contributed by atoms with Crippen LogP contribution in [0.1, 0.15) is 6.42 Å². The number of nitrogens with two attached hydrogens (primary N) is 1. The Morgan fingerprint density at radius 1 is 1.47 bits per heavy atom. The van der Waals surface area contributed by atoms with E-state index in [2.05, 4.69) is 15.0 Å². The summed E-state index contributed by atoms with van der Waals surface area (Å²) in [5.74, 6) is -0.229. The standard InChI is InChI=1S/C13H14FN3O2/c1-19-11(18)5-7-17-13-12-8(4-6-16-13)9(14)2-3-10(12)15/h2-4,6H,5,7,15H2,1H3,(H,16,17). The quantitative estimate of drug-likeness (QED) is 0.651. The number of hydrogen-bond acceptors (Lipinski definition) is 5. The Kier molecular flexibility index (Phi) is 3.79. The number of aromatic nitrogens is 1. The molecule has 0 aliphatic carbocycles. The van der Waals surface area contributed by atoms with Crippen LogP contribution < -0.4 is 11.1 Å². The number of carbonyl (C=O) groups is 1. The SMILES string of the molecule is COC(=O)CCNc1nccc2c(F)ccc(N)c12. The third-order valence-electron chi connectivity index (χ3n) is 2.76. The van der Waals surface area contributed by atoms with Crippen molar-refractivity contribution < 1.29 is 13.9 Å². The number of carbonyl (C=O) groups excluding carboxylic acids is 1. The maximum Gasteiger partial charge on any atom is 0.307 e. The Morgan fingerprint density at radius 3 is 3.00 bits per heavy atom. The summed E-state index contributed by atoms with van der Waals surface area (Å²) in [6.07, 6.45) is 1.69. The second kappa shape index (κ2) is 5.51. The van der Waals surface area contributed by atoms with Gasteiger partial charge in [0.25, 0.3) is 0 Å². The lowest BCUT2D eigenvalue weighted by molar-refractivity contribution is -0.140. The smallest absolute Gasteiger partial charge is 0.307 e. The van der Waals surface area contributed by atoms with Gasteiger partial charge in [0.1, 0.15) is 11.6 Å².